The number of hydrogen-bond donors (Lipinski definition) is 1. The Hall–Kier alpha value is -1.48. The Labute approximate surface area is 156 Å². The monoisotopic (exact) mass is 383 g/mol. The van der Waals surface area contributed by atoms with E-state index in [1.807, 2.05) is 13.8 Å². The third-order valence-electron chi connectivity index (χ3n) is 4.55. The zero-order chi connectivity index (χ0) is 19.2. The van der Waals surface area contributed by atoms with E-state index in [1.54, 1.807) is 18.2 Å². The minimum absolute atomic E-state index is 0.199. The highest BCUT2D eigenvalue weighted by Crippen LogP contribution is 2.21. The first-order valence-electron chi connectivity index (χ1n) is 9.17. The summed E-state index contributed by atoms with van der Waals surface area (Å²) in [6, 6.07) is 6.41. The molecule has 1 aliphatic rings. The first-order valence-corrected chi connectivity index (χ1v) is 10.6. The molecule has 1 N–H and O–H groups in total. The van der Waals surface area contributed by atoms with Crippen molar-refractivity contribution in [2.45, 2.75) is 38.2 Å². The Morgan fingerprint density at radius 3 is 2.46 bits per heavy atom. The molecule has 1 atom stereocenters. The highest BCUT2D eigenvalue weighted by atomic mass is 32.2. The van der Waals surface area contributed by atoms with Crippen molar-refractivity contribution >= 4 is 21.6 Å². The molecule has 0 saturated carbocycles. The van der Waals surface area contributed by atoms with E-state index in [0.29, 0.717) is 31.8 Å². The van der Waals surface area contributed by atoms with E-state index in [1.165, 1.54) is 10.4 Å². The third-order valence-corrected chi connectivity index (χ3v) is 6.44. The maximum absolute atomic E-state index is 12.9. The molecule has 1 fully saturated rings. The van der Waals surface area contributed by atoms with E-state index in [2.05, 4.69) is 17.1 Å². The highest BCUT2D eigenvalue weighted by molar-refractivity contribution is 7.89. The molecule has 1 heterocycles. The van der Waals surface area contributed by atoms with E-state index < -0.39 is 16.1 Å². The van der Waals surface area contributed by atoms with Gasteiger partial charge in [-0.25, -0.2) is 8.42 Å². The maximum atomic E-state index is 12.9. The van der Waals surface area contributed by atoms with Crippen LogP contribution in [0.5, 0.6) is 0 Å². The number of ether oxygens (including phenoxy) is 1. The molecule has 146 valence electrons. The fourth-order valence-corrected chi connectivity index (χ4v) is 4.44. The largest absolute Gasteiger partial charge is 0.369 e. The smallest absolute Gasteiger partial charge is 0.253 e. The second kappa shape index (κ2) is 9.45. The topological polar surface area (TPSA) is 78.9 Å². The molecule has 0 spiro atoms. The number of rotatable bonds is 8. The van der Waals surface area contributed by atoms with Crippen molar-refractivity contribution < 1.29 is 17.9 Å². The van der Waals surface area contributed by atoms with Crippen LogP contribution in [0.2, 0.25) is 0 Å². The minimum atomic E-state index is -3.56. The summed E-state index contributed by atoms with van der Waals surface area (Å²) in [7, 11) is -3.56. The minimum Gasteiger partial charge on any atom is -0.369 e. The summed E-state index contributed by atoms with van der Waals surface area (Å²) < 4.78 is 32.7. The Morgan fingerprint density at radius 1 is 1.19 bits per heavy atom. The molecule has 1 aromatic rings. The van der Waals surface area contributed by atoms with Crippen molar-refractivity contribution in [2.75, 3.05) is 44.6 Å². The van der Waals surface area contributed by atoms with E-state index in [-0.39, 0.29) is 10.8 Å². The van der Waals surface area contributed by atoms with Gasteiger partial charge in [0.2, 0.25) is 10.0 Å². The van der Waals surface area contributed by atoms with Gasteiger partial charge in [0.1, 0.15) is 6.10 Å². The normalized spacial score (nSPS) is 17.8. The number of anilines is 1. The van der Waals surface area contributed by atoms with Crippen LogP contribution in [0.25, 0.3) is 0 Å². The maximum Gasteiger partial charge on any atom is 0.253 e. The average molecular weight is 384 g/mol. The first-order chi connectivity index (χ1) is 12.4. The van der Waals surface area contributed by atoms with Gasteiger partial charge in [0.25, 0.3) is 5.91 Å². The van der Waals surface area contributed by atoms with Gasteiger partial charge in [-0.1, -0.05) is 19.9 Å². The van der Waals surface area contributed by atoms with Crippen LogP contribution in [0.15, 0.2) is 29.2 Å². The number of likely N-dealkylation sites (N-methyl/N-ethyl adjacent to an activating group) is 1. The highest BCUT2D eigenvalue weighted by Gasteiger charge is 2.28. The van der Waals surface area contributed by atoms with Crippen molar-refractivity contribution in [3.05, 3.63) is 24.3 Å². The number of nitrogens with one attached hydrogen (secondary N) is 1. The molecule has 1 aliphatic heterocycles. The summed E-state index contributed by atoms with van der Waals surface area (Å²) in [4.78, 5) is 14.7. The van der Waals surface area contributed by atoms with E-state index in [9.17, 15) is 13.2 Å². The molecule has 0 aromatic heterocycles. The van der Waals surface area contributed by atoms with Gasteiger partial charge in [0, 0.05) is 38.5 Å². The number of sulfonamides is 1. The quantitative estimate of drug-likeness (QED) is 0.740. The van der Waals surface area contributed by atoms with Crippen LogP contribution < -0.4 is 5.32 Å². The Kier molecular flexibility index (Phi) is 7.57. The van der Waals surface area contributed by atoms with Crippen molar-refractivity contribution in [1.29, 1.82) is 0 Å². The second-order valence-corrected chi connectivity index (χ2v) is 8.15. The number of benzene rings is 1. The lowest BCUT2D eigenvalue weighted by Crippen LogP contribution is -2.48. The predicted octanol–water partition coefficient (Wildman–Crippen LogP) is 1.77. The Balaban J connectivity index is 2.11. The summed E-state index contributed by atoms with van der Waals surface area (Å²) in [5.41, 5.74) is 0.460. The number of carbonyl (C=O) groups excluding carboxylic acids is 1. The number of carbonyl (C=O) groups is 1. The van der Waals surface area contributed by atoms with Crippen LogP contribution in [0.4, 0.5) is 5.69 Å². The molecule has 7 nitrogen and oxygen atoms in total. The molecule has 26 heavy (non-hydrogen) atoms. The summed E-state index contributed by atoms with van der Waals surface area (Å²) in [6.45, 7) is 9.58. The van der Waals surface area contributed by atoms with Gasteiger partial charge in [0.05, 0.1) is 4.90 Å². The second-order valence-electron chi connectivity index (χ2n) is 6.21. The van der Waals surface area contributed by atoms with Crippen LogP contribution in [0.1, 0.15) is 27.2 Å². The number of hydrogen-bond acceptors (Lipinski definition) is 5. The van der Waals surface area contributed by atoms with Gasteiger partial charge in [-0.3, -0.25) is 4.79 Å². The molecule has 1 saturated heterocycles. The van der Waals surface area contributed by atoms with Crippen LogP contribution in [-0.2, 0) is 19.6 Å². The van der Waals surface area contributed by atoms with Crippen LogP contribution in [0, 0.1) is 0 Å². The lowest BCUT2D eigenvalue weighted by Gasteiger charge is -2.33. The molecular weight excluding hydrogens is 354 g/mol. The standard InChI is InChI=1S/C18H29N3O4S/c1-4-17(25-6-3)18(22)19-15-8-7-9-16(14-15)26(23,24)21-12-10-20(5-2)11-13-21/h7-9,14,17H,4-6,10-13H2,1-3H3,(H,19,22). The van der Waals surface area contributed by atoms with Crippen LogP contribution in [-0.4, -0.2) is 69.0 Å². The molecule has 1 unspecified atom stereocenters. The van der Waals surface area contributed by atoms with Gasteiger partial charge in [-0.2, -0.15) is 4.31 Å². The predicted molar refractivity (Wildman–Crippen MR) is 102 cm³/mol. The SMILES string of the molecule is CCOC(CC)C(=O)Nc1cccc(S(=O)(=O)N2CCN(CC)CC2)c1. The number of piperazine rings is 1. The van der Waals surface area contributed by atoms with Crippen LogP contribution in [0.3, 0.4) is 0 Å². The lowest BCUT2D eigenvalue weighted by molar-refractivity contribution is -0.127. The van der Waals surface area contributed by atoms with Crippen molar-refractivity contribution in [1.82, 2.24) is 9.21 Å². The molecule has 0 radical (unpaired) electrons. The number of nitrogens with zero attached hydrogens (tertiary/aromatic N) is 2. The van der Waals surface area contributed by atoms with Crippen molar-refractivity contribution in [3.8, 4) is 0 Å². The Bertz CT molecular complexity index is 700. The number of amides is 1. The average Bonchev–Trinajstić information content (AvgIpc) is 2.66. The molecule has 8 heteroatoms. The molecule has 1 aromatic carbocycles. The van der Waals surface area contributed by atoms with Crippen LogP contribution >= 0.6 is 0 Å². The zero-order valence-corrected chi connectivity index (χ0v) is 16.6. The molecular formula is C18H29N3O4S. The van der Waals surface area contributed by atoms with E-state index in [0.717, 1.165) is 19.6 Å². The van der Waals surface area contributed by atoms with Crippen molar-refractivity contribution in [2.24, 2.45) is 0 Å². The van der Waals surface area contributed by atoms with Gasteiger partial charge in [-0.15, -0.1) is 0 Å². The molecule has 0 bridgehead atoms. The van der Waals surface area contributed by atoms with Gasteiger partial charge in [0.15, 0.2) is 0 Å². The Morgan fingerprint density at radius 2 is 1.88 bits per heavy atom. The summed E-state index contributed by atoms with van der Waals surface area (Å²) in [5.74, 6) is -0.263. The first kappa shape index (κ1) is 20.8. The van der Waals surface area contributed by atoms with E-state index >= 15 is 0 Å². The molecule has 0 aliphatic carbocycles. The lowest BCUT2D eigenvalue weighted by atomic mass is 10.2. The summed E-state index contributed by atoms with van der Waals surface area (Å²) >= 11 is 0. The van der Waals surface area contributed by atoms with Gasteiger partial charge < -0.3 is 15.0 Å². The molecule has 2 rings (SSSR count). The van der Waals surface area contributed by atoms with Gasteiger partial charge >= 0.3 is 0 Å². The fourth-order valence-electron chi connectivity index (χ4n) is 2.97. The van der Waals surface area contributed by atoms with Gasteiger partial charge in [-0.05, 0) is 38.1 Å². The zero-order valence-electron chi connectivity index (χ0n) is 15.8. The van der Waals surface area contributed by atoms with E-state index in [4.69, 9.17) is 4.74 Å². The third kappa shape index (κ3) is 5.03. The fraction of sp³-hybridized carbons (Fsp3) is 0.611. The summed E-state index contributed by atoms with van der Waals surface area (Å²) in [5, 5.41) is 2.75. The molecule has 1 amide bonds. The van der Waals surface area contributed by atoms with Crippen molar-refractivity contribution in [3.63, 3.8) is 0 Å². The summed E-state index contributed by atoms with van der Waals surface area (Å²) in [6.07, 6.45) is 0.0155.